The van der Waals surface area contributed by atoms with E-state index < -0.39 is 5.60 Å². The maximum atomic E-state index is 10.5. The summed E-state index contributed by atoms with van der Waals surface area (Å²) in [7, 11) is 3.03. The van der Waals surface area contributed by atoms with Crippen molar-refractivity contribution in [3.8, 4) is 22.8 Å². The first-order chi connectivity index (χ1) is 17.2. The Labute approximate surface area is 220 Å². The lowest BCUT2D eigenvalue weighted by molar-refractivity contribution is 0.0839. The van der Waals surface area contributed by atoms with Gasteiger partial charge in [0.1, 0.15) is 17.0 Å². The monoisotopic (exact) mass is 535 g/mol. The number of halogens is 2. The summed E-state index contributed by atoms with van der Waals surface area (Å²) in [6.45, 7) is 4.82. The Morgan fingerprint density at radius 1 is 1.06 bits per heavy atom. The Balaban J connectivity index is 0.000000445. The molecule has 0 amide bonds. The summed E-state index contributed by atoms with van der Waals surface area (Å²) < 4.78 is 15.8. The van der Waals surface area contributed by atoms with Crippen LogP contribution < -0.4 is 20.1 Å². The number of aliphatic hydroxyl groups is 1. The highest BCUT2D eigenvalue weighted by atomic mass is 35.5. The van der Waals surface area contributed by atoms with E-state index in [1.807, 2.05) is 4.90 Å². The van der Waals surface area contributed by atoms with Gasteiger partial charge >= 0.3 is 0 Å². The summed E-state index contributed by atoms with van der Waals surface area (Å²) in [6, 6.07) is 3.41. The van der Waals surface area contributed by atoms with Crippen molar-refractivity contribution in [1.82, 2.24) is 15.0 Å². The highest BCUT2D eigenvalue weighted by Crippen LogP contribution is 2.46. The minimum atomic E-state index is -0.822. The Kier molecular flexibility index (Phi) is 8.24. The molecule has 11 heteroatoms. The highest BCUT2D eigenvalue weighted by molar-refractivity contribution is 6.41. The van der Waals surface area contributed by atoms with E-state index in [2.05, 4.69) is 9.97 Å². The van der Waals surface area contributed by atoms with Gasteiger partial charge < -0.3 is 30.0 Å². The minimum absolute atomic E-state index is 0.142. The SMILES string of the molecule is C1CCOCC1.COc1cc(OC)c(Cl)c(-c2cc3cnc(N)nc3c(N3CCC(C)(O)C3)n2)c1Cl. The van der Waals surface area contributed by atoms with Gasteiger partial charge in [0, 0.05) is 49.5 Å². The summed E-state index contributed by atoms with van der Waals surface area (Å²) in [5.41, 5.74) is 6.57. The van der Waals surface area contributed by atoms with Crippen LogP contribution in [0.1, 0.15) is 32.6 Å². The molecule has 4 heterocycles. The summed E-state index contributed by atoms with van der Waals surface area (Å²) in [5, 5.41) is 11.8. The van der Waals surface area contributed by atoms with E-state index in [4.69, 9.17) is 48.1 Å². The van der Waals surface area contributed by atoms with Gasteiger partial charge in [0.25, 0.3) is 0 Å². The molecule has 1 unspecified atom stereocenters. The minimum Gasteiger partial charge on any atom is -0.495 e. The molecule has 2 aromatic heterocycles. The summed E-state index contributed by atoms with van der Waals surface area (Å²) in [5.74, 6) is 1.54. The molecule has 0 aliphatic carbocycles. The number of β-amino-alcohol motifs (C(OH)–C–C–N with tert-alkyl or cyclic N) is 1. The zero-order chi connectivity index (χ0) is 25.9. The Bertz CT molecular complexity index is 1200. The molecule has 3 N–H and O–H groups in total. The number of nitrogens with zero attached hydrogens (tertiary/aromatic N) is 4. The van der Waals surface area contributed by atoms with Gasteiger partial charge in [-0.2, -0.15) is 0 Å². The van der Waals surface area contributed by atoms with Gasteiger partial charge in [0.2, 0.25) is 5.95 Å². The van der Waals surface area contributed by atoms with Crippen LogP contribution in [-0.4, -0.2) is 66.2 Å². The van der Waals surface area contributed by atoms with Gasteiger partial charge in [-0.15, -0.1) is 0 Å². The Morgan fingerprint density at radius 3 is 2.22 bits per heavy atom. The number of hydrogen-bond acceptors (Lipinski definition) is 9. The quantitative estimate of drug-likeness (QED) is 0.488. The normalized spacial score (nSPS) is 19.7. The molecule has 2 saturated heterocycles. The molecule has 36 heavy (non-hydrogen) atoms. The van der Waals surface area contributed by atoms with Crippen LogP contribution >= 0.6 is 23.2 Å². The average molecular weight is 536 g/mol. The van der Waals surface area contributed by atoms with E-state index in [1.54, 1.807) is 25.3 Å². The maximum Gasteiger partial charge on any atom is 0.220 e. The van der Waals surface area contributed by atoms with Gasteiger partial charge in [0.05, 0.1) is 35.6 Å². The van der Waals surface area contributed by atoms with Crippen molar-refractivity contribution in [2.75, 3.05) is 51.2 Å². The van der Waals surface area contributed by atoms with Crippen LogP contribution in [0.3, 0.4) is 0 Å². The van der Waals surface area contributed by atoms with Crippen LogP contribution in [0.4, 0.5) is 11.8 Å². The zero-order valence-electron chi connectivity index (χ0n) is 20.7. The second-order valence-corrected chi connectivity index (χ2v) is 9.88. The van der Waals surface area contributed by atoms with Crippen LogP contribution in [0, 0.1) is 0 Å². The number of rotatable bonds is 4. The van der Waals surface area contributed by atoms with Crippen molar-refractivity contribution in [1.29, 1.82) is 0 Å². The van der Waals surface area contributed by atoms with Crippen molar-refractivity contribution in [2.45, 2.75) is 38.2 Å². The molecule has 0 spiro atoms. The van der Waals surface area contributed by atoms with Crippen molar-refractivity contribution >= 4 is 45.9 Å². The van der Waals surface area contributed by atoms with E-state index >= 15 is 0 Å². The highest BCUT2D eigenvalue weighted by Gasteiger charge is 2.33. The lowest BCUT2D eigenvalue weighted by Gasteiger charge is -2.22. The smallest absolute Gasteiger partial charge is 0.220 e. The number of benzene rings is 1. The number of hydrogen-bond donors (Lipinski definition) is 2. The van der Waals surface area contributed by atoms with Crippen molar-refractivity contribution in [3.05, 3.63) is 28.4 Å². The van der Waals surface area contributed by atoms with E-state index in [1.165, 1.54) is 33.5 Å². The predicted octanol–water partition coefficient (Wildman–Crippen LogP) is 4.75. The van der Waals surface area contributed by atoms with Gasteiger partial charge in [0.15, 0.2) is 5.82 Å². The summed E-state index contributed by atoms with van der Waals surface area (Å²) >= 11 is 13.2. The first-order valence-electron chi connectivity index (χ1n) is 11.8. The van der Waals surface area contributed by atoms with Gasteiger partial charge in [-0.25, -0.2) is 15.0 Å². The Morgan fingerprint density at radius 2 is 1.72 bits per heavy atom. The van der Waals surface area contributed by atoms with Gasteiger partial charge in [-0.1, -0.05) is 23.2 Å². The molecule has 0 bridgehead atoms. The molecule has 1 aromatic carbocycles. The molecule has 2 aliphatic heterocycles. The van der Waals surface area contributed by atoms with Crippen LogP contribution in [0.15, 0.2) is 18.3 Å². The molecule has 2 aliphatic rings. The first kappa shape index (κ1) is 26.5. The van der Waals surface area contributed by atoms with Crippen LogP contribution in [0.2, 0.25) is 10.0 Å². The predicted molar refractivity (Wildman–Crippen MR) is 142 cm³/mol. The van der Waals surface area contributed by atoms with Crippen LogP contribution in [-0.2, 0) is 4.74 Å². The number of pyridine rings is 1. The number of ether oxygens (including phenoxy) is 3. The fraction of sp³-hybridized carbons (Fsp3) is 0.480. The first-order valence-corrected chi connectivity index (χ1v) is 12.6. The van der Waals surface area contributed by atoms with Crippen molar-refractivity contribution < 1.29 is 19.3 Å². The molecule has 3 aromatic rings. The fourth-order valence-electron chi connectivity index (χ4n) is 4.31. The summed E-state index contributed by atoms with van der Waals surface area (Å²) in [6.07, 6.45) is 6.16. The van der Waals surface area contributed by atoms with Crippen LogP contribution in [0.25, 0.3) is 22.2 Å². The lowest BCUT2D eigenvalue weighted by Crippen LogP contribution is -2.30. The van der Waals surface area contributed by atoms with Crippen molar-refractivity contribution in [2.24, 2.45) is 0 Å². The van der Waals surface area contributed by atoms with Crippen LogP contribution in [0.5, 0.6) is 11.5 Å². The second-order valence-electron chi connectivity index (χ2n) is 9.12. The van der Waals surface area contributed by atoms with Gasteiger partial charge in [-0.3, -0.25) is 0 Å². The zero-order valence-corrected chi connectivity index (χ0v) is 22.2. The number of nitrogen functional groups attached to an aromatic ring is 1. The fourth-order valence-corrected chi connectivity index (χ4v) is 5.00. The standard InChI is InChI=1S/C20H21Cl2N5O3.C5H10O/c1-20(28)4-5-27(9-20)18-17-10(8-24-19(23)26-17)6-11(25-18)14-15(21)12(29-2)7-13(30-3)16(14)22;1-2-4-6-5-3-1/h6-8,28H,4-5,9H2,1-3H3,(H2,23,24,26);1-5H2. The molecule has 194 valence electrons. The Hall–Kier alpha value is -2.59. The van der Waals surface area contributed by atoms with E-state index in [0.29, 0.717) is 69.0 Å². The molecule has 2 fully saturated rings. The molecule has 0 radical (unpaired) electrons. The number of anilines is 2. The molecule has 9 nitrogen and oxygen atoms in total. The van der Waals surface area contributed by atoms with Gasteiger partial charge in [-0.05, 0) is 38.7 Å². The summed E-state index contributed by atoms with van der Waals surface area (Å²) in [4.78, 5) is 15.3. The third-order valence-corrected chi connectivity index (χ3v) is 6.98. The third-order valence-electron chi connectivity index (χ3n) is 6.22. The van der Waals surface area contributed by atoms with E-state index in [-0.39, 0.29) is 5.95 Å². The molecule has 0 saturated carbocycles. The third kappa shape index (κ3) is 5.70. The molecule has 5 rings (SSSR count). The largest absolute Gasteiger partial charge is 0.495 e. The number of nitrogens with two attached hydrogens (primary N) is 1. The van der Waals surface area contributed by atoms with E-state index in [0.717, 1.165) is 13.2 Å². The maximum absolute atomic E-state index is 10.5. The topological polar surface area (TPSA) is 116 Å². The number of fused-ring (bicyclic) bond motifs is 1. The van der Waals surface area contributed by atoms with E-state index in [9.17, 15) is 5.11 Å². The average Bonchev–Trinajstić information content (AvgIpc) is 3.25. The number of aromatic nitrogens is 3. The molecule has 1 atom stereocenters. The number of methoxy groups -OCH3 is 2. The lowest BCUT2D eigenvalue weighted by atomic mass is 10.1. The molecular formula is C25H31Cl2N5O4. The second kappa shape index (κ2) is 11.2. The molecular weight excluding hydrogens is 505 g/mol. The van der Waals surface area contributed by atoms with Crippen molar-refractivity contribution in [3.63, 3.8) is 0 Å².